The van der Waals surface area contributed by atoms with Gasteiger partial charge in [-0.25, -0.2) is 12.8 Å². The summed E-state index contributed by atoms with van der Waals surface area (Å²) in [5.74, 6) is -0.689. The Balaban J connectivity index is 2.41. The van der Waals surface area contributed by atoms with E-state index in [1.165, 1.54) is 12.1 Å². The maximum Gasteiger partial charge on any atom is 0.289 e. The maximum atomic E-state index is 13.0. The van der Waals surface area contributed by atoms with Crippen LogP contribution in [0.2, 0.25) is 10.0 Å². The summed E-state index contributed by atoms with van der Waals surface area (Å²) >= 11 is 11.3. The van der Waals surface area contributed by atoms with Gasteiger partial charge in [-0.05, 0) is 30.3 Å². The molecule has 0 heterocycles. The Bertz CT molecular complexity index is 858. The first-order valence-corrected chi connectivity index (χ1v) is 7.86. The Morgan fingerprint density at radius 3 is 2.36 bits per heavy atom. The molecule has 2 aromatic rings. The summed E-state index contributed by atoms with van der Waals surface area (Å²) in [6.07, 6.45) is 0. The van der Waals surface area contributed by atoms with Crippen molar-refractivity contribution in [1.82, 2.24) is 0 Å². The average molecular weight is 365 g/mol. The van der Waals surface area contributed by atoms with Gasteiger partial charge in [0, 0.05) is 6.07 Å². The highest BCUT2D eigenvalue weighted by Gasteiger charge is 2.20. The van der Waals surface area contributed by atoms with Crippen molar-refractivity contribution in [1.29, 1.82) is 0 Å². The topological polar surface area (TPSA) is 89.3 Å². The van der Waals surface area contributed by atoms with Crippen molar-refractivity contribution >= 4 is 44.6 Å². The number of hydrogen-bond acceptors (Lipinski definition) is 4. The number of sulfonamides is 1. The van der Waals surface area contributed by atoms with Crippen LogP contribution in [0.15, 0.2) is 41.3 Å². The molecule has 116 valence electrons. The Morgan fingerprint density at radius 1 is 1.09 bits per heavy atom. The minimum absolute atomic E-state index is 0.0727. The maximum absolute atomic E-state index is 13.0. The number of nitro groups is 1. The van der Waals surface area contributed by atoms with E-state index in [0.717, 1.165) is 24.3 Å². The molecule has 0 radical (unpaired) electrons. The molecule has 0 aliphatic rings. The normalized spacial score (nSPS) is 11.2. The molecule has 0 fully saturated rings. The predicted octanol–water partition coefficient (Wildman–Crippen LogP) is 3.84. The highest BCUT2D eigenvalue weighted by Crippen LogP contribution is 2.30. The Kier molecular flexibility index (Phi) is 4.55. The summed E-state index contributed by atoms with van der Waals surface area (Å²) in [6, 6.07) is 6.18. The third-order valence-corrected chi connectivity index (χ3v) is 4.76. The smallest absolute Gasteiger partial charge is 0.279 e. The summed E-state index contributed by atoms with van der Waals surface area (Å²) in [4.78, 5) is 9.68. The van der Waals surface area contributed by atoms with Gasteiger partial charge < -0.3 is 0 Å². The van der Waals surface area contributed by atoms with E-state index < -0.39 is 26.5 Å². The van der Waals surface area contributed by atoms with Gasteiger partial charge in [0.2, 0.25) is 0 Å². The number of nitrogens with zero attached hydrogens (tertiary/aromatic N) is 1. The van der Waals surface area contributed by atoms with Gasteiger partial charge in [-0.15, -0.1) is 0 Å². The van der Waals surface area contributed by atoms with E-state index in [1.54, 1.807) is 0 Å². The monoisotopic (exact) mass is 364 g/mol. The Hall–Kier alpha value is -1.90. The first kappa shape index (κ1) is 16.5. The molecule has 22 heavy (non-hydrogen) atoms. The molecule has 0 aromatic heterocycles. The van der Waals surface area contributed by atoms with Crippen LogP contribution in [-0.2, 0) is 10.0 Å². The van der Waals surface area contributed by atoms with Crippen LogP contribution in [-0.4, -0.2) is 13.3 Å². The molecule has 0 atom stereocenters. The summed E-state index contributed by atoms with van der Waals surface area (Å²) in [5, 5.41) is 10.3. The van der Waals surface area contributed by atoms with E-state index >= 15 is 0 Å². The number of halogens is 3. The lowest BCUT2D eigenvalue weighted by Crippen LogP contribution is -2.13. The second-order valence-electron chi connectivity index (χ2n) is 4.10. The third-order valence-electron chi connectivity index (χ3n) is 2.58. The lowest BCUT2D eigenvalue weighted by molar-refractivity contribution is -0.384. The molecule has 0 saturated heterocycles. The molecular weight excluding hydrogens is 358 g/mol. The zero-order chi connectivity index (χ0) is 16.5. The molecule has 1 N–H and O–H groups in total. The summed E-state index contributed by atoms with van der Waals surface area (Å²) in [6.45, 7) is 0. The fourth-order valence-electron chi connectivity index (χ4n) is 1.62. The molecule has 0 saturated carbocycles. The van der Waals surface area contributed by atoms with Crippen molar-refractivity contribution in [3.63, 3.8) is 0 Å². The van der Waals surface area contributed by atoms with Crippen molar-refractivity contribution < 1.29 is 17.7 Å². The van der Waals surface area contributed by atoms with Gasteiger partial charge >= 0.3 is 0 Å². The highest BCUT2D eigenvalue weighted by atomic mass is 35.5. The van der Waals surface area contributed by atoms with Crippen LogP contribution in [0.25, 0.3) is 0 Å². The fourth-order valence-corrected chi connectivity index (χ4v) is 3.39. The zero-order valence-corrected chi connectivity index (χ0v) is 12.9. The molecule has 2 rings (SSSR count). The highest BCUT2D eigenvalue weighted by molar-refractivity contribution is 7.92. The van der Waals surface area contributed by atoms with E-state index in [-0.39, 0.29) is 20.6 Å². The minimum atomic E-state index is -4.13. The number of nitro benzene ring substituents is 1. The molecule has 10 heteroatoms. The van der Waals surface area contributed by atoms with Crippen LogP contribution in [0, 0.1) is 15.9 Å². The molecular formula is C12H7Cl2FN2O4S. The fraction of sp³-hybridized carbons (Fsp3) is 0. The Morgan fingerprint density at radius 2 is 1.77 bits per heavy atom. The molecule has 0 bridgehead atoms. The number of anilines is 1. The van der Waals surface area contributed by atoms with E-state index in [9.17, 15) is 22.9 Å². The number of hydrogen-bond donors (Lipinski definition) is 1. The van der Waals surface area contributed by atoms with Crippen LogP contribution < -0.4 is 4.72 Å². The molecule has 0 aliphatic carbocycles. The molecule has 0 amide bonds. The zero-order valence-electron chi connectivity index (χ0n) is 10.6. The predicted molar refractivity (Wildman–Crippen MR) is 80.3 cm³/mol. The molecule has 2 aromatic carbocycles. The van der Waals surface area contributed by atoms with Crippen molar-refractivity contribution in [2.45, 2.75) is 4.90 Å². The minimum Gasteiger partial charge on any atom is -0.279 e. The molecule has 6 nitrogen and oxygen atoms in total. The van der Waals surface area contributed by atoms with Crippen LogP contribution in [0.5, 0.6) is 0 Å². The lowest BCUT2D eigenvalue weighted by Gasteiger charge is -2.09. The van der Waals surface area contributed by atoms with Crippen LogP contribution in [0.4, 0.5) is 15.8 Å². The third kappa shape index (κ3) is 3.46. The number of nitrogens with one attached hydrogen (secondary N) is 1. The van der Waals surface area contributed by atoms with Gasteiger partial charge in [0.15, 0.2) is 0 Å². The van der Waals surface area contributed by atoms with Gasteiger partial charge in [0.25, 0.3) is 15.7 Å². The first-order valence-electron chi connectivity index (χ1n) is 5.62. The van der Waals surface area contributed by atoms with Crippen molar-refractivity contribution in [3.05, 3.63) is 62.4 Å². The number of rotatable bonds is 4. The molecule has 0 spiro atoms. The van der Waals surface area contributed by atoms with Gasteiger partial charge in [0.05, 0.1) is 15.6 Å². The van der Waals surface area contributed by atoms with Crippen molar-refractivity contribution in [3.8, 4) is 0 Å². The SMILES string of the molecule is O=[N+]([O-])c1cc(NS(=O)(=O)c2ccc(F)cc2Cl)ccc1Cl. The standard InChI is InChI=1S/C12H7Cl2FN2O4S/c13-9-3-2-8(6-11(9)17(18)19)16-22(20,21)12-4-1-7(15)5-10(12)14/h1-6,16H. The first-order chi connectivity index (χ1) is 10.2. The van der Waals surface area contributed by atoms with Gasteiger partial charge in [-0.2, -0.15) is 0 Å². The summed E-state index contributed by atoms with van der Waals surface area (Å²) in [7, 11) is -4.13. The summed E-state index contributed by atoms with van der Waals surface area (Å²) in [5.41, 5.74) is -0.524. The number of benzene rings is 2. The molecule has 0 unspecified atom stereocenters. The Labute approximate surface area is 134 Å². The van der Waals surface area contributed by atoms with Crippen LogP contribution in [0.3, 0.4) is 0 Å². The molecule has 0 aliphatic heterocycles. The quantitative estimate of drug-likeness (QED) is 0.659. The average Bonchev–Trinajstić information content (AvgIpc) is 2.39. The van der Waals surface area contributed by atoms with Gasteiger partial charge in [-0.1, -0.05) is 23.2 Å². The van der Waals surface area contributed by atoms with Crippen molar-refractivity contribution in [2.24, 2.45) is 0 Å². The lowest BCUT2D eigenvalue weighted by atomic mass is 10.3. The summed E-state index contributed by atoms with van der Waals surface area (Å²) < 4.78 is 39.4. The second kappa shape index (κ2) is 6.07. The van der Waals surface area contributed by atoms with E-state index in [4.69, 9.17) is 23.2 Å². The van der Waals surface area contributed by atoms with Crippen LogP contribution >= 0.6 is 23.2 Å². The second-order valence-corrected chi connectivity index (χ2v) is 6.57. The van der Waals surface area contributed by atoms with Crippen molar-refractivity contribution in [2.75, 3.05) is 4.72 Å². The van der Waals surface area contributed by atoms with Crippen LogP contribution in [0.1, 0.15) is 0 Å². The largest absolute Gasteiger partial charge is 0.289 e. The van der Waals surface area contributed by atoms with Gasteiger partial charge in [-0.3, -0.25) is 14.8 Å². The van der Waals surface area contributed by atoms with E-state index in [2.05, 4.69) is 4.72 Å². The van der Waals surface area contributed by atoms with Gasteiger partial charge in [0.1, 0.15) is 15.7 Å². The van der Waals surface area contributed by atoms with E-state index in [0.29, 0.717) is 0 Å². The van der Waals surface area contributed by atoms with E-state index in [1.807, 2.05) is 0 Å².